The highest BCUT2D eigenvalue weighted by Crippen LogP contribution is 2.15. The Morgan fingerprint density at radius 2 is 0.820 bits per heavy atom. The van der Waals surface area contributed by atoms with Crippen LogP contribution in [0.1, 0.15) is 62.5 Å². The van der Waals surface area contributed by atoms with E-state index in [-0.39, 0.29) is 65.3 Å². The smallest absolute Gasteiger partial charge is 0.445 e. The number of ether oxygens (including phenoxy) is 2. The fraction of sp³-hybridized carbons (Fsp3) is 0.529. The van der Waals surface area contributed by atoms with E-state index >= 15 is 0 Å². The number of hydrogen-bond donors (Lipinski definition) is 2. The fourth-order valence-electron chi connectivity index (χ4n) is 4.63. The largest absolute Gasteiger partial charge is 0.471 e. The second-order valence-corrected chi connectivity index (χ2v) is 11.4. The molecule has 2 aromatic carbocycles. The van der Waals surface area contributed by atoms with Gasteiger partial charge >= 0.3 is 36.4 Å². The van der Waals surface area contributed by atoms with E-state index in [0.29, 0.717) is 38.5 Å². The number of nitrogens with zero attached hydrogens (tertiary/aromatic N) is 2. The molecule has 0 aliphatic heterocycles. The van der Waals surface area contributed by atoms with E-state index in [9.17, 15) is 45.5 Å². The average molecular weight is 719 g/mol. The number of alkyl halides is 6. The molecule has 4 amide bonds. The van der Waals surface area contributed by atoms with Gasteiger partial charge in [0.2, 0.25) is 0 Å². The van der Waals surface area contributed by atoms with Gasteiger partial charge in [-0.15, -0.1) is 0 Å². The van der Waals surface area contributed by atoms with Gasteiger partial charge in [-0.2, -0.15) is 26.3 Å². The summed E-state index contributed by atoms with van der Waals surface area (Å²) in [6, 6.07) is 18.1. The second-order valence-electron chi connectivity index (χ2n) is 11.4. The fourth-order valence-corrected chi connectivity index (χ4v) is 4.63. The number of carbonyl (C=O) groups is 4. The Morgan fingerprint density at radius 3 is 1.14 bits per heavy atom. The Balaban J connectivity index is 1.90. The number of nitrogens with one attached hydrogen (secondary N) is 2. The van der Waals surface area contributed by atoms with Crippen LogP contribution in [0.2, 0.25) is 0 Å². The third-order valence-electron chi connectivity index (χ3n) is 7.33. The maximum atomic E-state index is 13.0. The molecule has 0 fully saturated rings. The zero-order valence-electron chi connectivity index (χ0n) is 27.7. The van der Waals surface area contributed by atoms with Crippen molar-refractivity contribution in [3.63, 3.8) is 0 Å². The number of halogens is 6. The van der Waals surface area contributed by atoms with Crippen LogP contribution < -0.4 is 10.6 Å². The number of carbonyl (C=O) groups excluding carboxylic acids is 4. The van der Waals surface area contributed by atoms with Crippen molar-refractivity contribution in [2.45, 2.75) is 76.9 Å². The molecule has 278 valence electrons. The Labute approximate surface area is 287 Å². The Bertz CT molecular complexity index is 1200. The van der Waals surface area contributed by atoms with Gasteiger partial charge in [0.1, 0.15) is 13.2 Å². The summed E-state index contributed by atoms with van der Waals surface area (Å²) in [6.07, 6.45) is -7.77. The SMILES string of the molecule is O=C(OCc1ccccc1)N(CCCCCNC(=O)C(F)(F)F)CCCCN(CCCCCNC(=O)C(F)(F)F)C(=O)OCc1ccccc1. The lowest BCUT2D eigenvalue weighted by Crippen LogP contribution is -2.37. The van der Waals surface area contributed by atoms with Crippen LogP contribution in [0.3, 0.4) is 0 Å². The van der Waals surface area contributed by atoms with E-state index in [4.69, 9.17) is 9.47 Å². The van der Waals surface area contributed by atoms with Gasteiger partial charge in [0.15, 0.2) is 0 Å². The van der Waals surface area contributed by atoms with Gasteiger partial charge in [0, 0.05) is 39.3 Å². The molecule has 0 spiro atoms. The van der Waals surface area contributed by atoms with Crippen molar-refractivity contribution in [2.24, 2.45) is 0 Å². The minimum absolute atomic E-state index is 0.0422. The molecule has 0 unspecified atom stereocenters. The lowest BCUT2D eigenvalue weighted by molar-refractivity contribution is -0.173. The van der Waals surface area contributed by atoms with Gasteiger partial charge in [0.05, 0.1) is 0 Å². The molecule has 0 aliphatic carbocycles. The Morgan fingerprint density at radius 1 is 0.500 bits per heavy atom. The zero-order chi connectivity index (χ0) is 36.8. The predicted octanol–water partition coefficient (Wildman–Crippen LogP) is 6.74. The van der Waals surface area contributed by atoms with Gasteiger partial charge in [-0.3, -0.25) is 9.59 Å². The van der Waals surface area contributed by atoms with Gasteiger partial charge in [-0.05, 0) is 62.5 Å². The van der Waals surface area contributed by atoms with Crippen molar-refractivity contribution in [1.29, 1.82) is 0 Å². The average Bonchev–Trinajstić information content (AvgIpc) is 3.08. The molecular weight excluding hydrogens is 674 g/mol. The number of unbranched alkanes of at least 4 members (excludes halogenated alkanes) is 5. The van der Waals surface area contributed by atoms with Crippen LogP contribution in [0.4, 0.5) is 35.9 Å². The van der Waals surface area contributed by atoms with Crippen molar-refractivity contribution in [2.75, 3.05) is 39.3 Å². The van der Waals surface area contributed by atoms with E-state index in [1.54, 1.807) is 48.5 Å². The zero-order valence-corrected chi connectivity index (χ0v) is 27.7. The minimum Gasteiger partial charge on any atom is -0.445 e. The van der Waals surface area contributed by atoms with Gasteiger partial charge in [0.25, 0.3) is 0 Å². The van der Waals surface area contributed by atoms with Crippen LogP contribution >= 0.6 is 0 Å². The topological polar surface area (TPSA) is 117 Å². The van der Waals surface area contributed by atoms with Crippen LogP contribution in [0.15, 0.2) is 60.7 Å². The molecule has 0 bridgehead atoms. The monoisotopic (exact) mass is 718 g/mol. The molecule has 0 aromatic heterocycles. The van der Waals surface area contributed by atoms with E-state index < -0.39 is 36.4 Å². The van der Waals surface area contributed by atoms with Crippen molar-refractivity contribution < 1.29 is 55.0 Å². The Kier molecular flexibility index (Phi) is 18.6. The molecule has 2 aromatic rings. The van der Waals surface area contributed by atoms with Crippen LogP contribution in [-0.4, -0.2) is 85.4 Å². The van der Waals surface area contributed by atoms with Gasteiger partial charge < -0.3 is 29.9 Å². The normalized spacial score (nSPS) is 11.4. The summed E-state index contributed by atoms with van der Waals surface area (Å²) in [4.78, 5) is 50.9. The number of rotatable bonds is 21. The van der Waals surface area contributed by atoms with Crippen molar-refractivity contribution in [3.05, 3.63) is 71.8 Å². The first-order chi connectivity index (χ1) is 23.8. The number of amides is 4. The highest BCUT2D eigenvalue weighted by molar-refractivity contribution is 5.82. The van der Waals surface area contributed by atoms with Gasteiger partial charge in [-0.25, -0.2) is 9.59 Å². The van der Waals surface area contributed by atoms with E-state index in [2.05, 4.69) is 0 Å². The van der Waals surface area contributed by atoms with Crippen LogP contribution in [-0.2, 0) is 32.3 Å². The third-order valence-corrected chi connectivity index (χ3v) is 7.33. The van der Waals surface area contributed by atoms with Crippen molar-refractivity contribution in [1.82, 2.24) is 20.4 Å². The summed E-state index contributed by atoms with van der Waals surface area (Å²) < 4.78 is 85.3. The quantitative estimate of drug-likeness (QED) is 0.109. The molecule has 2 rings (SSSR count). The second kappa shape index (κ2) is 22.3. The maximum Gasteiger partial charge on any atom is 0.471 e. The molecular formula is C34H44F6N4O6. The number of hydrogen-bond acceptors (Lipinski definition) is 6. The predicted molar refractivity (Wildman–Crippen MR) is 171 cm³/mol. The van der Waals surface area contributed by atoms with Crippen molar-refractivity contribution >= 4 is 24.0 Å². The molecule has 0 saturated heterocycles. The first-order valence-corrected chi connectivity index (χ1v) is 16.4. The summed E-state index contributed by atoms with van der Waals surface area (Å²) in [5.41, 5.74) is 1.57. The summed E-state index contributed by atoms with van der Waals surface area (Å²) in [5, 5.41) is 3.63. The molecule has 0 radical (unpaired) electrons. The van der Waals surface area contributed by atoms with Crippen LogP contribution in [0.25, 0.3) is 0 Å². The highest BCUT2D eigenvalue weighted by Gasteiger charge is 2.38. The summed E-state index contributed by atoms with van der Waals surface area (Å²) in [6.45, 7) is 0.823. The van der Waals surface area contributed by atoms with Crippen LogP contribution in [0, 0.1) is 0 Å². The lowest BCUT2D eigenvalue weighted by Gasteiger charge is -2.24. The van der Waals surface area contributed by atoms with Gasteiger partial charge in [-0.1, -0.05) is 60.7 Å². The molecule has 50 heavy (non-hydrogen) atoms. The summed E-state index contributed by atoms with van der Waals surface area (Å²) >= 11 is 0. The summed E-state index contributed by atoms with van der Waals surface area (Å²) in [7, 11) is 0. The standard InChI is InChI=1S/C34H44F6N4O6/c35-33(36,37)29(45)41-19-9-3-11-21-43(31(47)49-25-27-15-5-1-6-16-27)23-13-14-24-44(32(48)50-26-28-17-7-2-8-18-28)22-12-4-10-20-42-30(46)34(38,39)40/h1-2,5-8,15-18H,3-4,9-14,19-26H2,(H,41,45)(H,42,46). The molecule has 0 heterocycles. The molecule has 16 heteroatoms. The Hall–Kier alpha value is -4.50. The minimum atomic E-state index is -4.95. The highest BCUT2D eigenvalue weighted by atomic mass is 19.4. The molecule has 0 saturated carbocycles. The van der Waals surface area contributed by atoms with E-state index in [0.717, 1.165) is 11.1 Å². The first-order valence-electron chi connectivity index (χ1n) is 16.4. The van der Waals surface area contributed by atoms with Crippen molar-refractivity contribution in [3.8, 4) is 0 Å². The number of benzene rings is 2. The van der Waals surface area contributed by atoms with E-state index in [1.165, 1.54) is 9.80 Å². The molecule has 10 nitrogen and oxygen atoms in total. The summed E-state index contributed by atoms with van der Waals surface area (Å²) in [5.74, 6) is -4.01. The molecule has 0 atom stereocenters. The molecule has 0 aliphatic rings. The molecule has 2 N–H and O–H groups in total. The first kappa shape index (κ1) is 41.7. The lowest BCUT2D eigenvalue weighted by atomic mass is 10.2. The van der Waals surface area contributed by atoms with E-state index in [1.807, 2.05) is 22.8 Å². The van der Waals surface area contributed by atoms with Crippen LogP contribution in [0.5, 0.6) is 0 Å². The maximum absolute atomic E-state index is 13.0. The third kappa shape index (κ3) is 17.8.